The molecule has 20 heavy (non-hydrogen) atoms. The van der Waals surface area contributed by atoms with Crippen LogP contribution in [0, 0.1) is 16.0 Å². The van der Waals surface area contributed by atoms with E-state index in [0.717, 1.165) is 51.5 Å². The van der Waals surface area contributed by atoms with Gasteiger partial charge in [-0.1, -0.05) is 6.08 Å². The second kappa shape index (κ2) is 5.76. The van der Waals surface area contributed by atoms with E-state index in [2.05, 4.69) is 22.1 Å². The zero-order chi connectivity index (χ0) is 13.9. The van der Waals surface area contributed by atoms with Crippen LogP contribution in [-0.2, 0) is 4.74 Å². The van der Waals surface area contributed by atoms with E-state index in [4.69, 9.17) is 4.74 Å². The summed E-state index contributed by atoms with van der Waals surface area (Å²) in [4.78, 5) is 15.1. The number of ether oxygens (including phenoxy) is 1. The highest BCUT2D eigenvalue weighted by Crippen LogP contribution is 2.33. The van der Waals surface area contributed by atoms with E-state index in [0.29, 0.717) is 5.92 Å². The van der Waals surface area contributed by atoms with Crippen molar-refractivity contribution in [1.82, 2.24) is 9.80 Å². The molecule has 0 N–H and O–H groups in total. The molecule has 0 radical (unpaired) electrons. The molecule has 1 saturated heterocycles. The maximum Gasteiger partial charge on any atom is 0.267 e. The normalized spacial score (nSPS) is 26.2. The highest BCUT2D eigenvalue weighted by molar-refractivity contribution is 5.32. The SMILES string of the molecule is O=[N+]([O-])C1=CCC2C=CN(CCN3CCOCC3)C2=C1. The average Bonchev–Trinajstić information content (AvgIpc) is 2.88. The standard InChI is InChI=1S/C14H19N3O3/c18-17(19)13-2-1-12-3-4-16(14(12)11-13)6-5-15-7-9-20-10-8-15/h2-4,11-12H,1,5-10H2. The first-order chi connectivity index (χ1) is 9.74. The molecule has 1 fully saturated rings. The number of fused-ring (bicyclic) bond motifs is 1. The minimum atomic E-state index is -0.304. The number of hydrogen-bond donors (Lipinski definition) is 0. The van der Waals surface area contributed by atoms with Gasteiger partial charge in [0.15, 0.2) is 0 Å². The van der Waals surface area contributed by atoms with Crippen LogP contribution >= 0.6 is 0 Å². The molecule has 3 aliphatic rings. The van der Waals surface area contributed by atoms with Gasteiger partial charge in [-0.3, -0.25) is 15.0 Å². The molecule has 0 bridgehead atoms. The van der Waals surface area contributed by atoms with Crippen LogP contribution in [0.3, 0.4) is 0 Å². The van der Waals surface area contributed by atoms with E-state index >= 15 is 0 Å². The molecule has 0 saturated carbocycles. The highest BCUT2D eigenvalue weighted by atomic mass is 16.6. The Kier molecular flexibility index (Phi) is 3.84. The van der Waals surface area contributed by atoms with Crippen molar-refractivity contribution in [2.24, 2.45) is 5.92 Å². The van der Waals surface area contributed by atoms with Gasteiger partial charge in [-0.05, 0) is 12.5 Å². The van der Waals surface area contributed by atoms with Gasteiger partial charge in [-0.2, -0.15) is 0 Å². The molecule has 6 heteroatoms. The summed E-state index contributed by atoms with van der Waals surface area (Å²) in [5, 5.41) is 10.9. The fourth-order valence-electron chi connectivity index (χ4n) is 2.86. The second-order valence-corrected chi connectivity index (χ2v) is 5.29. The molecule has 0 aromatic heterocycles. The minimum Gasteiger partial charge on any atom is -0.379 e. The third-order valence-corrected chi connectivity index (χ3v) is 4.06. The maximum absolute atomic E-state index is 10.9. The first kappa shape index (κ1) is 13.3. The lowest BCUT2D eigenvalue weighted by Crippen LogP contribution is -2.40. The van der Waals surface area contributed by atoms with Gasteiger partial charge in [0.25, 0.3) is 5.70 Å². The van der Waals surface area contributed by atoms with Gasteiger partial charge in [0.1, 0.15) is 0 Å². The Morgan fingerprint density at radius 3 is 2.90 bits per heavy atom. The van der Waals surface area contributed by atoms with Gasteiger partial charge in [0, 0.05) is 50.1 Å². The Bertz CT molecular complexity index is 478. The van der Waals surface area contributed by atoms with Crippen molar-refractivity contribution < 1.29 is 9.66 Å². The molecular weight excluding hydrogens is 258 g/mol. The summed E-state index contributed by atoms with van der Waals surface area (Å²) < 4.78 is 5.33. The Labute approximate surface area is 118 Å². The molecule has 0 amide bonds. The van der Waals surface area contributed by atoms with Crippen LogP contribution < -0.4 is 0 Å². The monoisotopic (exact) mass is 277 g/mol. The zero-order valence-electron chi connectivity index (χ0n) is 11.4. The summed E-state index contributed by atoms with van der Waals surface area (Å²) in [7, 11) is 0. The smallest absolute Gasteiger partial charge is 0.267 e. The third-order valence-electron chi connectivity index (χ3n) is 4.06. The predicted octanol–water partition coefficient (Wildman–Crippen LogP) is 1.21. The topological polar surface area (TPSA) is 58.9 Å². The first-order valence-electron chi connectivity index (χ1n) is 7.05. The molecule has 0 aromatic rings. The molecule has 108 valence electrons. The van der Waals surface area contributed by atoms with Gasteiger partial charge in [0.2, 0.25) is 0 Å². The number of nitrogens with zero attached hydrogens (tertiary/aromatic N) is 3. The van der Waals surface area contributed by atoms with Crippen molar-refractivity contribution in [3.8, 4) is 0 Å². The Balaban J connectivity index is 1.61. The van der Waals surface area contributed by atoms with Crippen molar-refractivity contribution in [3.63, 3.8) is 0 Å². The van der Waals surface area contributed by atoms with E-state index in [9.17, 15) is 10.1 Å². The zero-order valence-corrected chi connectivity index (χ0v) is 11.4. The van der Waals surface area contributed by atoms with E-state index in [1.807, 2.05) is 0 Å². The summed E-state index contributed by atoms with van der Waals surface area (Å²) in [6.07, 6.45) is 8.36. The molecule has 2 heterocycles. The van der Waals surface area contributed by atoms with Crippen LogP contribution in [-0.4, -0.2) is 54.1 Å². The molecule has 1 aliphatic carbocycles. The van der Waals surface area contributed by atoms with E-state index < -0.39 is 0 Å². The maximum atomic E-state index is 10.9. The van der Waals surface area contributed by atoms with Gasteiger partial charge in [-0.25, -0.2) is 0 Å². The fraction of sp³-hybridized carbons (Fsp3) is 0.571. The molecule has 6 nitrogen and oxygen atoms in total. The third kappa shape index (κ3) is 2.76. The van der Waals surface area contributed by atoms with E-state index in [1.165, 1.54) is 0 Å². The number of nitro groups is 1. The van der Waals surface area contributed by atoms with Crippen molar-refractivity contribution in [2.75, 3.05) is 39.4 Å². The number of allylic oxidation sites excluding steroid dienone is 3. The number of hydrogen-bond acceptors (Lipinski definition) is 5. The van der Waals surface area contributed by atoms with Gasteiger partial charge in [0.05, 0.1) is 18.1 Å². The fourth-order valence-corrected chi connectivity index (χ4v) is 2.86. The molecule has 0 spiro atoms. The summed E-state index contributed by atoms with van der Waals surface area (Å²) in [5.74, 6) is 0.309. The number of morpholine rings is 1. The van der Waals surface area contributed by atoms with E-state index in [-0.39, 0.29) is 10.6 Å². The van der Waals surface area contributed by atoms with E-state index in [1.54, 1.807) is 12.2 Å². The minimum absolute atomic E-state index is 0.219. The van der Waals surface area contributed by atoms with Crippen LogP contribution in [0.2, 0.25) is 0 Å². The quantitative estimate of drug-likeness (QED) is 0.571. The van der Waals surface area contributed by atoms with Gasteiger partial charge >= 0.3 is 0 Å². The largest absolute Gasteiger partial charge is 0.379 e. The van der Waals surface area contributed by atoms with Crippen LogP contribution in [0.1, 0.15) is 6.42 Å². The average molecular weight is 277 g/mol. The summed E-state index contributed by atoms with van der Waals surface area (Å²) in [5.41, 5.74) is 1.28. The lowest BCUT2D eigenvalue weighted by atomic mass is 9.97. The van der Waals surface area contributed by atoms with Crippen molar-refractivity contribution >= 4 is 0 Å². The first-order valence-corrected chi connectivity index (χ1v) is 7.05. The summed E-state index contributed by atoms with van der Waals surface area (Å²) in [6.45, 7) is 5.39. The highest BCUT2D eigenvalue weighted by Gasteiger charge is 2.28. The van der Waals surface area contributed by atoms with Crippen molar-refractivity contribution in [2.45, 2.75) is 6.42 Å². The van der Waals surface area contributed by atoms with Crippen molar-refractivity contribution in [3.05, 3.63) is 45.9 Å². The van der Waals surface area contributed by atoms with Crippen LogP contribution in [0.25, 0.3) is 0 Å². The van der Waals surface area contributed by atoms with Crippen LogP contribution in [0.15, 0.2) is 35.8 Å². The lowest BCUT2D eigenvalue weighted by Gasteiger charge is -2.30. The van der Waals surface area contributed by atoms with Crippen LogP contribution in [0.4, 0.5) is 0 Å². The van der Waals surface area contributed by atoms with Gasteiger partial charge < -0.3 is 9.64 Å². The molecule has 3 rings (SSSR count). The Morgan fingerprint density at radius 1 is 1.35 bits per heavy atom. The molecule has 1 atom stereocenters. The summed E-state index contributed by atoms with van der Waals surface area (Å²) >= 11 is 0. The lowest BCUT2D eigenvalue weighted by molar-refractivity contribution is -0.419. The second-order valence-electron chi connectivity index (χ2n) is 5.29. The Morgan fingerprint density at radius 2 is 2.15 bits per heavy atom. The Hall–Kier alpha value is -1.66. The molecule has 1 unspecified atom stereocenters. The molecular formula is C14H19N3O3. The molecule has 2 aliphatic heterocycles. The van der Waals surface area contributed by atoms with Crippen molar-refractivity contribution in [1.29, 1.82) is 0 Å². The molecule has 0 aromatic carbocycles. The van der Waals surface area contributed by atoms with Gasteiger partial charge in [-0.15, -0.1) is 0 Å². The van der Waals surface area contributed by atoms with Crippen LogP contribution in [0.5, 0.6) is 0 Å². The summed E-state index contributed by atoms with van der Waals surface area (Å²) in [6, 6.07) is 0. The predicted molar refractivity (Wildman–Crippen MR) is 74.4 cm³/mol. The number of rotatable bonds is 4.